The van der Waals surface area contributed by atoms with Crippen LogP contribution in [0.2, 0.25) is 0 Å². The minimum Gasteiger partial charge on any atom is -0.493 e. The van der Waals surface area contributed by atoms with Gasteiger partial charge in [0.2, 0.25) is 0 Å². The summed E-state index contributed by atoms with van der Waals surface area (Å²) in [4.78, 5) is 2.01. The zero-order chi connectivity index (χ0) is 12.1. The van der Waals surface area contributed by atoms with Crippen LogP contribution < -0.4 is 14.4 Å². The zero-order valence-corrected chi connectivity index (χ0v) is 10.5. The summed E-state index contributed by atoms with van der Waals surface area (Å²) in [5.74, 6) is 1.47. The molecule has 4 heteroatoms. The van der Waals surface area contributed by atoms with E-state index < -0.39 is 0 Å². The maximum atomic E-state index is 5.27. The standard InChI is InChI=1S/C12H19NO3/c1-9-6-11(15-4)12(16-5)7-10(9)13(2)8-14-3/h6-7H,8H2,1-5H3. The second-order valence-corrected chi connectivity index (χ2v) is 3.61. The predicted molar refractivity (Wildman–Crippen MR) is 64.6 cm³/mol. The number of rotatable bonds is 5. The van der Waals surface area contributed by atoms with Crippen molar-refractivity contribution in [3.63, 3.8) is 0 Å². The number of hydrogen-bond acceptors (Lipinski definition) is 4. The van der Waals surface area contributed by atoms with Crippen LogP contribution >= 0.6 is 0 Å². The van der Waals surface area contributed by atoms with E-state index in [-0.39, 0.29) is 0 Å². The highest BCUT2D eigenvalue weighted by Gasteiger charge is 2.11. The first-order valence-electron chi connectivity index (χ1n) is 5.06. The minimum absolute atomic E-state index is 0.538. The average molecular weight is 225 g/mol. The Balaban J connectivity index is 3.10. The van der Waals surface area contributed by atoms with E-state index in [0.717, 1.165) is 22.7 Å². The third kappa shape index (κ3) is 2.58. The number of methoxy groups -OCH3 is 3. The fourth-order valence-electron chi connectivity index (χ4n) is 1.64. The van der Waals surface area contributed by atoms with Gasteiger partial charge in [0, 0.05) is 25.9 Å². The number of benzene rings is 1. The number of anilines is 1. The lowest BCUT2D eigenvalue weighted by Gasteiger charge is -2.22. The van der Waals surface area contributed by atoms with Crippen molar-refractivity contribution in [2.24, 2.45) is 0 Å². The Morgan fingerprint density at radius 1 is 1.06 bits per heavy atom. The molecule has 90 valence electrons. The van der Waals surface area contributed by atoms with E-state index in [1.165, 1.54) is 0 Å². The summed E-state index contributed by atoms with van der Waals surface area (Å²) in [7, 11) is 6.91. The monoisotopic (exact) mass is 225 g/mol. The Morgan fingerprint density at radius 2 is 1.62 bits per heavy atom. The molecule has 1 aromatic carbocycles. The second kappa shape index (κ2) is 5.61. The van der Waals surface area contributed by atoms with E-state index in [4.69, 9.17) is 14.2 Å². The van der Waals surface area contributed by atoms with Crippen molar-refractivity contribution in [1.82, 2.24) is 0 Å². The molecule has 0 amide bonds. The van der Waals surface area contributed by atoms with Crippen molar-refractivity contribution in [2.45, 2.75) is 6.92 Å². The average Bonchev–Trinajstić information content (AvgIpc) is 2.28. The largest absolute Gasteiger partial charge is 0.493 e. The molecule has 0 aliphatic carbocycles. The van der Waals surface area contributed by atoms with Crippen LogP contribution in [0.15, 0.2) is 12.1 Å². The molecule has 0 heterocycles. The van der Waals surface area contributed by atoms with Gasteiger partial charge in [-0.1, -0.05) is 0 Å². The van der Waals surface area contributed by atoms with Crippen molar-refractivity contribution in [3.8, 4) is 11.5 Å². The van der Waals surface area contributed by atoms with Crippen LogP contribution in [0.3, 0.4) is 0 Å². The SMILES string of the molecule is COCN(C)c1cc(OC)c(OC)cc1C. The van der Waals surface area contributed by atoms with Gasteiger partial charge in [0.1, 0.15) is 6.73 Å². The van der Waals surface area contributed by atoms with Crippen molar-refractivity contribution in [3.05, 3.63) is 17.7 Å². The number of hydrogen-bond donors (Lipinski definition) is 0. The maximum absolute atomic E-state index is 5.27. The van der Waals surface area contributed by atoms with Gasteiger partial charge >= 0.3 is 0 Å². The highest BCUT2D eigenvalue weighted by Crippen LogP contribution is 2.34. The summed E-state index contributed by atoms with van der Waals surface area (Å²) < 4.78 is 15.6. The Kier molecular flexibility index (Phi) is 4.43. The van der Waals surface area contributed by atoms with Crippen LogP contribution in [-0.2, 0) is 4.74 Å². The topological polar surface area (TPSA) is 30.9 Å². The highest BCUT2D eigenvalue weighted by molar-refractivity contribution is 5.61. The third-order valence-electron chi connectivity index (χ3n) is 2.44. The Labute approximate surface area is 96.7 Å². The second-order valence-electron chi connectivity index (χ2n) is 3.61. The molecular formula is C12H19NO3. The smallest absolute Gasteiger partial charge is 0.162 e. The lowest BCUT2D eigenvalue weighted by Crippen LogP contribution is -2.20. The van der Waals surface area contributed by atoms with E-state index >= 15 is 0 Å². The molecule has 0 spiro atoms. The van der Waals surface area contributed by atoms with Gasteiger partial charge in [0.15, 0.2) is 11.5 Å². The van der Waals surface area contributed by atoms with Gasteiger partial charge in [-0.15, -0.1) is 0 Å². The van der Waals surface area contributed by atoms with Gasteiger partial charge in [-0.05, 0) is 18.6 Å². The molecule has 1 rings (SSSR count). The first kappa shape index (κ1) is 12.6. The van der Waals surface area contributed by atoms with Crippen molar-refractivity contribution < 1.29 is 14.2 Å². The summed E-state index contributed by atoms with van der Waals surface area (Å²) in [5.41, 5.74) is 2.19. The van der Waals surface area contributed by atoms with E-state index in [2.05, 4.69) is 0 Å². The molecule has 0 saturated carbocycles. The van der Waals surface area contributed by atoms with E-state index in [9.17, 15) is 0 Å². The van der Waals surface area contributed by atoms with Gasteiger partial charge in [0.25, 0.3) is 0 Å². The fraction of sp³-hybridized carbons (Fsp3) is 0.500. The van der Waals surface area contributed by atoms with Crippen molar-refractivity contribution in [2.75, 3.05) is 40.0 Å². The molecule has 0 N–H and O–H groups in total. The molecule has 0 radical (unpaired) electrons. The van der Waals surface area contributed by atoms with Gasteiger partial charge in [-0.3, -0.25) is 0 Å². The molecule has 0 atom stereocenters. The first-order valence-corrected chi connectivity index (χ1v) is 5.06. The molecule has 0 unspecified atom stereocenters. The highest BCUT2D eigenvalue weighted by atomic mass is 16.5. The summed E-state index contributed by atoms with van der Waals surface area (Å²) in [6.45, 7) is 2.57. The minimum atomic E-state index is 0.538. The van der Waals surface area contributed by atoms with E-state index in [1.807, 2.05) is 31.0 Å². The van der Waals surface area contributed by atoms with Crippen molar-refractivity contribution in [1.29, 1.82) is 0 Å². The predicted octanol–water partition coefficient (Wildman–Crippen LogP) is 2.05. The Bertz CT molecular complexity index is 352. The van der Waals surface area contributed by atoms with Crippen LogP contribution in [0.5, 0.6) is 11.5 Å². The van der Waals surface area contributed by atoms with Crippen LogP contribution in [0.4, 0.5) is 5.69 Å². The molecule has 0 fully saturated rings. The molecule has 1 aromatic rings. The van der Waals surface area contributed by atoms with Crippen LogP contribution in [0, 0.1) is 6.92 Å². The quantitative estimate of drug-likeness (QED) is 0.718. The van der Waals surface area contributed by atoms with E-state index in [0.29, 0.717) is 6.73 Å². The molecule has 4 nitrogen and oxygen atoms in total. The number of aryl methyl sites for hydroxylation is 1. The molecular weight excluding hydrogens is 206 g/mol. The third-order valence-corrected chi connectivity index (χ3v) is 2.44. The molecule has 0 aromatic heterocycles. The summed E-state index contributed by atoms with van der Waals surface area (Å²) in [6, 6.07) is 3.91. The fourth-order valence-corrected chi connectivity index (χ4v) is 1.64. The van der Waals surface area contributed by atoms with Crippen LogP contribution in [0.1, 0.15) is 5.56 Å². The number of ether oxygens (including phenoxy) is 3. The summed E-state index contributed by atoms with van der Waals surface area (Å²) in [5, 5.41) is 0. The van der Waals surface area contributed by atoms with Crippen LogP contribution in [0.25, 0.3) is 0 Å². The normalized spacial score (nSPS) is 10.1. The van der Waals surface area contributed by atoms with Gasteiger partial charge in [-0.2, -0.15) is 0 Å². The lowest BCUT2D eigenvalue weighted by molar-refractivity contribution is 0.202. The van der Waals surface area contributed by atoms with Gasteiger partial charge in [-0.25, -0.2) is 0 Å². The molecule has 0 bridgehead atoms. The van der Waals surface area contributed by atoms with Gasteiger partial charge < -0.3 is 19.1 Å². The molecule has 0 saturated heterocycles. The Hall–Kier alpha value is -1.42. The Morgan fingerprint density at radius 3 is 2.12 bits per heavy atom. The number of nitrogens with zero attached hydrogens (tertiary/aromatic N) is 1. The van der Waals surface area contributed by atoms with Crippen molar-refractivity contribution >= 4 is 5.69 Å². The van der Waals surface area contributed by atoms with Crippen LogP contribution in [-0.4, -0.2) is 35.1 Å². The summed E-state index contributed by atoms with van der Waals surface area (Å²) in [6.07, 6.45) is 0. The molecule has 16 heavy (non-hydrogen) atoms. The zero-order valence-electron chi connectivity index (χ0n) is 10.5. The van der Waals surface area contributed by atoms with E-state index in [1.54, 1.807) is 21.3 Å². The lowest BCUT2D eigenvalue weighted by atomic mass is 10.1. The maximum Gasteiger partial charge on any atom is 0.162 e. The van der Waals surface area contributed by atoms with Gasteiger partial charge in [0.05, 0.1) is 14.2 Å². The summed E-state index contributed by atoms with van der Waals surface area (Å²) >= 11 is 0. The first-order chi connectivity index (χ1) is 7.63. The molecule has 0 aliphatic heterocycles. The molecule has 0 aliphatic rings.